The highest BCUT2D eigenvalue weighted by Gasteiger charge is 2.10. The number of aliphatic hydroxyl groups is 1. The molecule has 0 saturated carbocycles. The molecule has 0 heterocycles. The second kappa shape index (κ2) is 8.60. The van der Waals surface area contributed by atoms with Gasteiger partial charge in [0, 0.05) is 13.0 Å². The second-order valence-corrected chi connectivity index (χ2v) is 4.60. The first-order valence-electron chi connectivity index (χ1n) is 6.56. The molecule has 1 atom stereocenters. The van der Waals surface area contributed by atoms with E-state index in [1.54, 1.807) is 0 Å². The van der Waals surface area contributed by atoms with Gasteiger partial charge in [0.15, 0.2) is 11.6 Å². The summed E-state index contributed by atoms with van der Waals surface area (Å²) in [4.78, 5) is 10.3. The van der Waals surface area contributed by atoms with Gasteiger partial charge in [-0.15, -0.1) is 0 Å². The number of hydrogen-bond acceptors (Lipinski definition) is 3. The summed E-state index contributed by atoms with van der Waals surface area (Å²) < 4.78 is 25.7. The molecule has 112 valence electrons. The second-order valence-electron chi connectivity index (χ2n) is 4.60. The predicted molar refractivity (Wildman–Crippen MR) is 70.3 cm³/mol. The summed E-state index contributed by atoms with van der Waals surface area (Å²) in [6.07, 6.45) is 1.49. The molecular weight excluding hydrogens is 268 g/mol. The molecule has 0 bridgehead atoms. The van der Waals surface area contributed by atoms with E-state index in [2.05, 4.69) is 5.32 Å². The number of unbranched alkanes of at least 4 members (excludes halogenated alkanes) is 2. The number of hydrogen-bond donors (Lipinski definition) is 3. The van der Waals surface area contributed by atoms with Crippen molar-refractivity contribution in [3.05, 3.63) is 35.4 Å². The van der Waals surface area contributed by atoms with Gasteiger partial charge < -0.3 is 15.5 Å². The number of benzene rings is 1. The third kappa shape index (κ3) is 6.08. The highest BCUT2D eigenvalue weighted by atomic mass is 19.2. The smallest absolute Gasteiger partial charge is 0.303 e. The Hall–Kier alpha value is -1.53. The van der Waals surface area contributed by atoms with Gasteiger partial charge in [0.25, 0.3) is 0 Å². The molecule has 1 aromatic rings. The number of aliphatic carboxylic acids is 1. The molecule has 4 nitrogen and oxygen atoms in total. The Balaban J connectivity index is 2.18. The van der Waals surface area contributed by atoms with Crippen molar-refractivity contribution in [1.29, 1.82) is 0 Å². The predicted octanol–water partition coefficient (Wildman–Crippen LogP) is 2.23. The molecule has 1 unspecified atom stereocenters. The first kappa shape index (κ1) is 16.5. The average molecular weight is 287 g/mol. The van der Waals surface area contributed by atoms with Crippen LogP contribution in [0.15, 0.2) is 18.2 Å². The first-order chi connectivity index (χ1) is 9.50. The number of carbonyl (C=O) groups is 1. The Morgan fingerprint density at radius 1 is 1.20 bits per heavy atom. The van der Waals surface area contributed by atoms with E-state index in [-0.39, 0.29) is 13.0 Å². The van der Waals surface area contributed by atoms with Crippen molar-refractivity contribution in [2.24, 2.45) is 0 Å². The summed E-state index contributed by atoms with van der Waals surface area (Å²) in [6, 6.07) is 3.31. The summed E-state index contributed by atoms with van der Waals surface area (Å²) in [5.74, 6) is -2.71. The molecule has 0 aromatic heterocycles. The molecule has 0 saturated heterocycles. The molecule has 20 heavy (non-hydrogen) atoms. The summed E-state index contributed by atoms with van der Waals surface area (Å²) in [5.41, 5.74) is 0.322. The van der Waals surface area contributed by atoms with Gasteiger partial charge in [-0.05, 0) is 37.1 Å². The molecular formula is C14H19F2NO3. The number of rotatable bonds is 9. The first-order valence-corrected chi connectivity index (χ1v) is 6.56. The van der Waals surface area contributed by atoms with Gasteiger partial charge in [-0.25, -0.2) is 8.78 Å². The molecule has 0 amide bonds. The van der Waals surface area contributed by atoms with Gasteiger partial charge in [0.2, 0.25) is 0 Å². The lowest BCUT2D eigenvalue weighted by Crippen LogP contribution is -2.22. The molecule has 3 N–H and O–H groups in total. The van der Waals surface area contributed by atoms with Crippen molar-refractivity contribution in [1.82, 2.24) is 5.32 Å². The number of nitrogens with one attached hydrogen (secondary N) is 1. The van der Waals surface area contributed by atoms with Gasteiger partial charge in [0.1, 0.15) is 0 Å². The van der Waals surface area contributed by atoms with Gasteiger partial charge in [0.05, 0.1) is 6.10 Å². The fourth-order valence-electron chi connectivity index (χ4n) is 1.78. The summed E-state index contributed by atoms with van der Waals surface area (Å²) in [5, 5.41) is 21.2. The van der Waals surface area contributed by atoms with Gasteiger partial charge in [-0.3, -0.25) is 4.79 Å². The summed E-state index contributed by atoms with van der Waals surface area (Å²) in [6.45, 7) is 0.879. The fraction of sp³-hybridized carbons (Fsp3) is 0.500. The minimum Gasteiger partial charge on any atom is -0.481 e. The van der Waals surface area contributed by atoms with Crippen molar-refractivity contribution >= 4 is 5.97 Å². The summed E-state index contributed by atoms with van der Waals surface area (Å²) in [7, 11) is 0. The molecule has 0 fully saturated rings. The van der Waals surface area contributed by atoms with Crippen LogP contribution in [0.2, 0.25) is 0 Å². The van der Waals surface area contributed by atoms with E-state index in [0.29, 0.717) is 18.5 Å². The third-order valence-electron chi connectivity index (χ3n) is 2.91. The maximum absolute atomic E-state index is 13.0. The van der Waals surface area contributed by atoms with Crippen molar-refractivity contribution in [3.63, 3.8) is 0 Å². The number of carboxylic acid groups (broad SMARTS) is 1. The monoisotopic (exact) mass is 287 g/mol. The Morgan fingerprint density at radius 3 is 2.60 bits per heavy atom. The van der Waals surface area contributed by atoms with E-state index in [9.17, 15) is 18.7 Å². The van der Waals surface area contributed by atoms with Crippen LogP contribution < -0.4 is 5.32 Å². The van der Waals surface area contributed by atoms with Crippen molar-refractivity contribution < 1.29 is 23.8 Å². The van der Waals surface area contributed by atoms with Crippen LogP contribution in [0.1, 0.15) is 37.4 Å². The lowest BCUT2D eigenvalue weighted by Gasteiger charge is -2.12. The molecule has 1 aromatic carbocycles. The zero-order valence-corrected chi connectivity index (χ0v) is 11.1. The highest BCUT2D eigenvalue weighted by molar-refractivity contribution is 5.66. The van der Waals surface area contributed by atoms with Crippen molar-refractivity contribution in [3.8, 4) is 0 Å². The minimum absolute atomic E-state index is 0.164. The maximum atomic E-state index is 13.0. The Labute approximate surface area is 116 Å². The topological polar surface area (TPSA) is 69.6 Å². The van der Waals surface area contributed by atoms with E-state index >= 15 is 0 Å². The largest absolute Gasteiger partial charge is 0.481 e. The molecule has 0 aliphatic rings. The lowest BCUT2D eigenvalue weighted by molar-refractivity contribution is -0.137. The quantitative estimate of drug-likeness (QED) is 0.609. The van der Waals surface area contributed by atoms with Crippen LogP contribution in [0, 0.1) is 11.6 Å². The molecule has 0 radical (unpaired) electrons. The molecule has 0 aliphatic heterocycles. The van der Waals surface area contributed by atoms with Crippen LogP contribution in [-0.2, 0) is 4.79 Å². The van der Waals surface area contributed by atoms with Gasteiger partial charge in [-0.2, -0.15) is 0 Å². The van der Waals surface area contributed by atoms with E-state index < -0.39 is 23.7 Å². The van der Waals surface area contributed by atoms with E-state index in [0.717, 1.165) is 25.0 Å². The normalized spacial score (nSPS) is 12.3. The zero-order chi connectivity index (χ0) is 15.0. The standard InChI is InChI=1S/C14H19F2NO3/c15-11-6-5-10(8-12(11)16)13(18)9-17-7-3-1-2-4-14(19)20/h5-6,8,13,17-18H,1-4,7,9H2,(H,19,20). The number of aliphatic hydroxyl groups excluding tert-OH is 1. The average Bonchev–Trinajstić information content (AvgIpc) is 2.40. The summed E-state index contributed by atoms with van der Waals surface area (Å²) >= 11 is 0. The third-order valence-corrected chi connectivity index (χ3v) is 2.91. The van der Waals surface area contributed by atoms with Gasteiger partial charge in [-0.1, -0.05) is 12.5 Å². The zero-order valence-electron chi connectivity index (χ0n) is 11.1. The van der Waals surface area contributed by atoms with Crippen LogP contribution in [0.5, 0.6) is 0 Å². The highest BCUT2D eigenvalue weighted by Crippen LogP contribution is 2.15. The van der Waals surface area contributed by atoms with E-state index in [1.807, 2.05) is 0 Å². The molecule has 0 spiro atoms. The van der Waals surface area contributed by atoms with Crippen LogP contribution in [0.4, 0.5) is 8.78 Å². The Morgan fingerprint density at radius 2 is 1.95 bits per heavy atom. The number of carboxylic acids is 1. The van der Waals surface area contributed by atoms with Crippen molar-refractivity contribution in [2.75, 3.05) is 13.1 Å². The maximum Gasteiger partial charge on any atom is 0.303 e. The fourth-order valence-corrected chi connectivity index (χ4v) is 1.78. The van der Waals surface area contributed by atoms with Crippen LogP contribution in [0.3, 0.4) is 0 Å². The van der Waals surface area contributed by atoms with Gasteiger partial charge >= 0.3 is 5.97 Å². The van der Waals surface area contributed by atoms with Crippen molar-refractivity contribution in [2.45, 2.75) is 31.8 Å². The van der Waals surface area contributed by atoms with Crippen LogP contribution in [0.25, 0.3) is 0 Å². The van der Waals surface area contributed by atoms with E-state index in [1.165, 1.54) is 6.07 Å². The SMILES string of the molecule is O=C(O)CCCCCNCC(O)c1ccc(F)c(F)c1. The molecule has 6 heteroatoms. The number of halogens is 2. The Bertz CT molecular complexity index is 440. The lowest BCUT2D eigenvalue weighted by atomic mass is 10.1. The van der Waals surface area contributed by atoms with E-state index in [4.69, 9.17) is 5.11 Å². The molecule has 1 rings (SSSR count). The van der Waals surface area contributed by atoms with Crippen LogP contribution in [-0.4, -0.2) is 29.3 Å². The minimum atomic E-state index is -0.977. The Kier molecular flexibility index (Phi) is 7.11. The molecule has 0 aliphatic carbocycles. The van der Waals surface area contributed by atoms with Crippen LogP contribution >= 0.6 is 0 Å².